The summed E-state index contributed by atoms with van der Waals surface area (Å²) in [6.45, 7) is 4.46. The van der Waals surface area contributed by atoms with E-state index in [2.05, 4.69) is 29.8 Å². The smallest absolute Gasteiger partial charge is 0.152 e. The number of aliphatic hydroxyl groups excluding tert-OH is 2. The predicted molar refractivity (Wildman–Crippen MR) is 92.2 cm³/mol. The van der Waals surface area contributed by atoms with Gasteiger partial charge in [-0.3, -0.25) is 4.79 Å². The Morgan fingerprint density at radius 2 is 1.83 bits per heavy atom. The quantitative estimate of drug-likeness (QED) is 0.499. The van der Waals surface area contributed by atoms with E-state index in [1.54, 1.807) is 0 Å². The van der Waals surface area contributed by atoms with E-state index < -0.39 is 0 Å². The molecule has 0 aromatic carbocycles. The number of carbonyl (C=O) groups excluding carboxylic acids is 1. The average molecular weight is 383 g/mol. The Morgan fingerprint density at radius 3 is 2.57 bits per heavy atom. The standard InChI is InChI=1S/C19H27BrO3/c1-18-5-3-11(21)7-10(18)8-15(22)16-12(18)4-6-19(2)13(16)9-14(20)17(19)23/h7,11-16,21-22H,3-6,8-9H2,1-2H3/t11-,12+,13+,14-,15+,16-,18+,19+/m1/s1. The Labute approximate surface area is 146 Å². The maximum atomic E-state index is 12.7. The molecular formula is C19H27BrO3. The molecule has 0 saturated heterocycles. The summed E-state index contributed by atoms with van der Waals surface area (Å²) in [6.07, 6.45) is 6.60. The summed E-state index contributed by atoms with van der Waals surface area (Å²) < 4.78 is 0. The summed E-state index contributed by atoms with van der Waals surface area (Å²) in [7, 11) is 0. The van der Waals surface area contributed by atoms with Gasteiger partial charge in [-0.15, -0.1) is 0 Å². The van der Waals surface area contributed by atoms with Crippen molar-refractivity contribution in [3.8, 4) is 0 Å². The Kier molecular flexibility index (Phi) is 3.65. The highest BCUT2D eigenvalue weighted by atomic mass is 79.9. The fourth-order valence-electron chi connectivity index (χ4n) is 6.43. The van der Waals surface area contributed by atoms with Crippen LogP contribution in [0.15, 0.2) is 11.6 Å². The van der Waals surface area contributed by atoms with Crippen molar-refractivity contribution in [2.45, 2.75) is 69.4 Å². The van der Waals surface area contributed by atoms with E-state index in [-0.39, 0.29) is 33.8 Å². The highest BCUT2D eigenvalue weighted by Gasteiger charge is 2.63. The van der Waals surface area contributed by atoms with Crippen LogP contribution in [0.1, 0.15) is 52.4 Å². The fraction of sp³-hybridized carbons (Fsp3) is 0.842. The van der Waals surface area contributed by atoms with Crippen LogP contribution in [0.3, 0.4) is 0 Å². The Bertz CT molecular complexity index is 573. The number of halogens is 1. The summed E-state index contributed by atoms with van der Waals surface area (Å²) in [6, 6.07) is 0. The number of alkyl halides is 1. The van der Waals surface area contributed by atoms with Gasteiger partial charge in [-0.05, 0) is 61.7 Å². The minimum Gasteiger partial charge on any atom is -0.392 e. The molecule has 0 heterocycles. The van der Waals surface area contributed by atoms with Gasteiger partial charge in [0.05, 0.1) is 17.0 Å². The van der Waals surface area contributed by atoms with E-state index in [1.807, 2.05) is 6.08 Å². The lowest BCUT2D eigenvalue weighted by atomic mass is 9.46. The van der Waals surface area contributed by atoms with Gasteiger partial charge in [-0.25, -0.2) is 0 Å². The first-order chi connectivity index (χ1) is 10.8. The third kappa shape index (κ3) is 2.10. The number of carbonyl (C=O) groups is 1. The molecule has 23 heavy (non-hydrogen) atoms. The van der Waals surface area contributed by atoms with Crippen molar-refractivity contribution in [1.29, 1.82) is 0 Å². The highest BCUT2D eigenvalue weighted by Crippen LogP contribution is 2.65. The molecule has 0 aromatic rings. The number of hydrogen-bond acceptors (Lipinski definition) is 3. The van der Waals surface area contributed by atoms with Gasteiger partial charge < -0.3 is 10.2 Å². The van der Waals surface area contributed by atoms with Crippen LogP contribution in [0, 0.1) is 28.6 Å². The molecule has 0 aliphatic heterocycles. The maximum Gasteiger partial charge on any atom is 0.152 e. The Hall–Kier alpha value is -0.190. The van der Waals surface area contributed by atoms with Gasteiger partial charge in [0, 0.05) is 5.41 Å². The van der Waals surface area contributed by atoms with Crippen molar-refractivity contribution in [2.24, 2.45) is 28.6 Å². The van der Waals surface area contributed by atoms with Crippen LogP contribution in [0.5, 0.6) is 0 Å². The zero-order chi connectivity index (χ0) is 16.6. The van der Waals surface area contributed by atoms with Crippen LogP contribution in [0.4, 0.5) is 0 Å². The highest BCUT2D eigenvalue weighted by molar-refractivity contribution is 9.10. The third-order valence-electron chi connectivity index (χ3n) is 7.81. The maximum absolute atomic E-state index is 12.7. The molecule has 2 N–H and O–H groups in total. The summed E-state index contributed by atoms with van der Waals surface area (Å²) in [5.41, 5.74) is 1.09. The average Bonchev–Trinajstić information content (AvgIpc) is 2.73. The SMILES string of the molecule is C[C@]12CC[C@@H](O)C=C1C[C@H](O)[C@@H]1[C@@H]2CC[C@]2(C)C(=O)[C@H](Br)C[C@@H]12. The molecule has 3 fully saturated rings. The molecule has 0 bridgehead atoms. The lowest BCUT2D eigenvalue weighted by Crippen LogP contribution is -2.55. The van der Waals surface area contributed by atoms with Gasteiger partial charge >= 0.3 is 0 Å². The van der Waals surface area contributed by atoms with Crippen LogP contribution in [0.25, 0.3) is 0 Å². The van der Waals surface area contributed by atoms with Gasteiger partial charge in [0.2, 0.25) is 0 Å². The first kappa shape index (κ1) is 16.3. The third-order valence-corrected chi connectivity index (χ3v) is 8.60. The summed E-state index contributed by atoms with van der Waals surface area (Å²) >= 11 is 3.58. The van der Waals surface area contributed by atoms with Crippen molar-refractivity contribution < 1.29 is 15.0 Å². The largest absolute Gasteiger partial charge is 0.392 e. The molecule has 3 nitrogen and oxygen atoms in total. The molecule has 0 aromatic heterocycles. The van der Waals surface area contributed by atoms with Crippen molar-refractivity contribution in [2.75, 3.05) is 0 Å². The van der Waals surface area contributed by atoms with Crippen LogP contribution in [-0.4, -0.2) is 33.0 Å². The van der Waals surface area contributed by atoms with E-state index >= 15 is 0 Å². The van der Waals surface area contributed by atoms with Gasteiger partial charge in [-0.2, -0.15) is 0 Å². The molecule has 4 rings (SSSR count). The first-order valence-electron chi connectivity index (χ1n) is 9.03. The fourth-order valence-corrected chi connectivity index (χ4v) is 7.35. The van der Waals surface area contributed by atoms with Crippen LogP contribution < -0.4 is 0 Å². The predicted octanol–water partition coefficient (Wildman–Crippen LogP) is 3.22. The number of hydrogen-bond donors (Lipinski definition) is 2. The molecule has 4 aliphatic carbocycles. The van der Waals surface area contributed by atoms with Gasteiger partial charge in [0.1, 0.15) is 0 Å². The second-order valence-electron chi connectivity index (χ2n) is 8.80. The molecule has 0 unspecified atom stereocenters. The van der Waals surface area contributed by atoms with Gasteiger partial charge in [-0.1, -0.05) is 41.4 Å². The molecule has 0 spiro atoms. The zero-order valence-corrected chi connectivity index (χ0v) is 15.6. The van der Waals surface area contributed by atoms with E-state index in [9.17, 15) is 15.0 Å². The first-order valence-corrected chi connectivity index (χ1v) is 9.94. The molecule has 0 amide bonds. The summed E-state index contributed by atoms with van der Waals surface area (Å²) in [4.78, 5) is 12.6. The van der Waals surface area contributed by atoms with Crippen LogP contribution >= 0.6 is 15.9 Å². The lowest BCUT2D eigenvalue weighted by Gasteiger charge is -2.58. The number of aliphatic hydroxyl groups is 2. The van der Waals surface area contributed by atoms with E-state index in [0.29, 0.717) is 24.0 Å². The second kappa shape index (κ2) is 5.15. The van der Waals surface area contributed by atoms with E-state index in [1.165, 1.54) is 5.57 Å². The topological polar surface area (TPSA) is 57.5 Å². The van der Waals surface area contributed by atoms with Gasteiger partial charge in [0.15, 0.2) is 5.78 Å². The normalized spacial score (nSPS) is 55.7. The Balaban J connectivity index is 1.74. The van der Waals surface area contributed by atoms with Gasteiger partial charge in [0.25, 0.3) is 0 Å². The number of ketones is 1. The van der Waals surface area contributed by atoms with Crippen molar-refractivity contribution >= 4 is 21.7 Å². The lowest BCUT2D eigenvalue weighted by molar-refractivity contribution is -0.138. The molecule has 128 valence electrons. The van der Waals surface area contributed by atoms with Crippen LogP contribution in [0.2, 0.25) is 0 Å². The van der Waals surface area contributed by atoms with Crippen molar-refractivity contribution in [1.82, 2.24) is 0 Å². The number of Topliss-reactive ketones (excluding diaryl/α,β-unsaturated/α-hetero) is 1. The molecule has 4 heteroatoms. The Morgan fingerprint density at radius 1 is 1.13 bits per heavy atom. The summed E-state index contributed by atoms with van der Waals surface area (Å²) in [5.74, 6) is 1.29. The molecule has 0 radical (unpaired) electrons. The number of fused-ring (bicyclic) bond motifs is 5. The molecular weight excluding hydrogens is 356 g/mol. The molecule has 8 atom stereocenters. The molecule has 4 aliphatic rings. The summed E-state index contributed by atoms with van der Waals surface area (Å²) in [5, 5.41) is 20.9. The van der Waals surface area contributed by atoms with E-state index in [4.69, 9.17) is 0 Å². The van der Waals surface area contributed by atoms with Crippen molar-refractivity contribution in [3.63, 3.8) is 0 Å². The van der Waals surface area contributed by atoms with Crippen molar-refractivity contribution in [3.05, 3.63) is 11.6 Å². The number of rotatable bonds is 0. The molecule has 3 saturated carbocycles. The van der Waals surface area contributed by atoms with Crippen LogP contribution in [-0.2, 0) is 4.79 Å². The zero-order valence-electron chi connectivity index (χ0n) is 14.0. The minimum absolute atomic E-state index is 0.0404. The second-order valence-corrected chi connectivity index (χ2v) is 9.91. The minimum atomic E-state index is -0.375. The monoisotopic (exact) mass is 382 g/mol. The van der Waals surface area contributed by atoms with E-state index in [0.717, 1.165) is 32.1 Å².